The average Bonchev–Trinajstić information content (AvgIpc) is 3.33. The molecule has 2 amide bonds. The Morgan fingerprint density at radius 1 is 1.16 bits per heavy atom. The van der Waals surface area contributed by atoms with Crippen LogP contribution in [0, 0.1) is 5.41 Å². The summed E-state index contributed by atoms with van der Waals surface area (Å²) in [7, 11) is 0. The van der Waals surface area contributed by atoms with Crippen molar-refractivity contribution in [2.24, 2.45) is 5.41 Å². The van der Waals surface area contributed by atoms with Crippen molar-refractivity contribution >= 4 is 11.8 Å². The zero-order chi connectivity index (χ0) is 22.6. The largest absolute Gasteiger partial charge is 0.378 e. The summed E-state index contributed by atoms with van der Waals surface area (Å²) in [5, 5.41) is 3.22. The average molecular weight is 446 g/mol. The Balaban J connectivity index is 1.26. The highest BCUT2D eigenvalue weighted by molar-refractivity contribution is 5.91. The van der Waals surface area contributed by atoms with Gasteiger partial charge in [0.2, 0.25) is 11.8 Å². The van der Waals surface area contributed by atoms with Crippen LogP contribution in [0.25, 0.3) is 0 Å². The van der Waals surface area contributed by atoms with Crippen molar-refractivity contribution in [3.63, 3.8) is 0 Å². The van der Waals surface area contributed by atoms with E-state index in [-0.39, 0.29) is 11.8 Å². The highest BCUT2D eigenvalue weighted by Gasteiger charge is 2.51. The molecule has 4 rings (SSSR count). The van der Waals surface area contributed by atoms with Crippen LogP contribution < -0.4 is 5.32 Å². The summed E-state index contributed by atoms with van der Waals surface area (Å²) in [6.45, 7) is 8.10. The van der Waals surface area contributed by atoms with Gasteiger partial charge in [0.1, 0.15) is 0 Å². The van der Waals surface area contributed by atoms with Crippen LogP contribution in [0.15, 0.2) is 11.8 Å². The summed E-state index contributed by atoms with van der Waals surface area (Å²) in [6, 6.07) is 0.916. The lowest BCUT2D eigenvalue weighted by Crippen LogP contribution is -2.55. The number of likely N-dealkylation sites (tertiary alicyclic amines) is 2. The van der Waals surface area contributed by atoms with Gasteiger partial charge in [0.25, 0.3) is 0 Å². The summed E-state index contributed by atoms with van der Waals surface area (Å²) in [4.78, 5) is 30.8. The minimum atomic E-state index is -0.501. The van der Waals surface area contributed by atoms with Crippen molar-refractivity contribution in [2.75, 3.05) is 26.2 Å². The van der Waals surface area contributed by atoms with Gasteiger partial charge in [0.15, 0.2) is 0 Å². The molecule has 2 aliphatic carbocycles. The van der Waals surface area contributed by atoms with Crippen LogP contribution in [0.1, 0.15) is 90.9 Å². The lowest BCUT2D eigenvalue weighted by molar-refractivity contribution is -0.142. The number of rotatable bonds is 8. The van der Waals surface area contributed by atoms with E-state index in [0.29, 0.717) is 44.2 Å². The molecule has 1 N–H and O–H groups in total. The van der Waals surface area contributed by atoms with E-state index < -0.39 is 5.41 Å². The fourth-order valence-corrected chi connectivity index (χ4v) is 6.28. The highest BCUT2D eigenvalue weighted by Crippen LogP contribution is 2.48. The number of ether oxygens (including phenoxy) is 1. The van der Waals surface area contributed by atoms with Crippen LogP contribution in [0.3, 0.4) is 0 Å². The number of carbonyl (C=O) groups is 2. The molecule has 0 radical (unpaired) electrons. The van der Waals surface area contributed by atoms with E-state index in [2.05, 4.69) is 30.1 Å². The van der Waals surface area contributed by atoms with Gasteiger partial charge in [-0.1, -0.05) is 18.9 Å². The number of piperidine rings is 2. The van der Waals surface area contributed by atoms with Crippen molar-refractivity contribution in [3.8, 4) is 0 Å². The number of fused-ring (bicyclic) bond motifs is 1. The predicted molar refractivity (Wildman–Crippen MR) is 126 cm³/mol. The second-order valence-corrected chi connectivity index (χ2v) is 10.6. The summed E-state index contributed by atoms with van der Waals surface area (Å²) >= 11 is 0. The zero-order valence-corrected chi connectivity index (χ0v) is 20.2. The lowest BCUT2D eigenvalue weighted by atomic mass is 9.68. The van der Waals surface area contributed by atoms with E-state index in [4.69, 9.17) is 4.74 Å². The van der Waals surface area contributed by atoms with Gasteiger partial charge in [-0.2, -0.15) is 0 Å². The minimum Gasteiger partial charge on any atom is -0.378 e. The maximum Gasteiger partial charge on any atom is 0.232 e. The summed E-state index contributed by atoms with van der Waals surface area (Å²) in [5.74, 6) is 0.356. The standard InChI is InChI=1S/C26H43N3O3/c1-20(2)28-17-12-22(13-18-28)32-19-7-16-27-25(31)26-14-6-5-10-23(26)29(24(30)11-15-26)21-8-3-4-9-21/h10,20-22H,3-9,11-19H2,1-2H3,(H,27,31). The molecular formula is C26H43N3O3. The fraction of sp³-hybridized carbons (Fsp3) is 0.846. The molecule has 32 heavy (non-hydrogen) atoms. The van der Waals surface area contributed by atoms with E-state index >= 15 is 0 Å². The van der Waals surface area contributed by atoms with Crippen molar-refractivity contribution in [1.82, 2.24) is 15.1 Å². The molecule has 2 aliphatic heterocycles. The maximum absolute atomic E-state index is 13.4. The topological polar surface area (TPSA) is 61.9 Å². The number of amides is 2. The maximum atomic E-state index is 13.4. The molecule has 0 aromatic heterocycles. The molecular weight excluding hydrogens is 402 g/mol. The van der Waals surface area contributed by atoms with Gasteiger partial charge in [-0.05, 0) is 71.6 Å². The Bertz CT molecular complexity index is 692. The van der Waals surface area contributed by atoms with Gasteiger partial charge in [0.05, 0.1) is 11.5 Å². The molecule has 2 saturated heterocycles. The van der Waals surface area contributed by atoms with Crippen molar-refractivity contribution in [2.45, 2.75) is 109 Å². The van der Waals surface area contributed by atoms with E-state index in [0.717, 1.165) is 70.2 Å². The molecule has 180 valence electrons. The third-order valence-corrected chi connectivity index (χ3v) is 8.22. The number of hydrogen-bond donors (Lipinski definition) is 1. The molecule has 0 aromatic rings. The van der Waals surface area contributed by atoms with Crippen LogP contribution in [-0.4, -0.2) is 66.0 Å². The van der Waals surface area contributed by atoms with E-state index in [1.54, 1.807) is 0 Å². The molecule has 1 unspecified atom stereocenters. The normalized spacial score (nSPS) is 28.2. The van der Waals surface area contributed by atoms with Crippen molar-refractivity contribution < 1.29 is 14.3 Å². The number of hydrogen-bond acceptors (Lipinski definition) is 4. The van der Waals surface area contributed by atoms with Gasteiger partial charge in [-0.15, -0.1) is 0 Å². The van der Waals surface area contributed by atoms with E-state index in [1.165, 1.54) is 12.8 Å². The van der Waals surface area contributed by atoms with E-state index in [1.807, 2.05) is 4.90 Å². The summed E-state index contributed by atoms with van der Waals surface area (Å²) in [5.41, 5.74) is 0.525. The summed E-state index contributed by atoms with van der Waals surface area (Å²) < 4.78 is 6.10. The summed E-state index contributed by atoms with van der Waals surface area (Å²) in [6.07, 6.45) is 14.2. The van der Waals surface area contributed by atoms with Crippen LogP contribution in [0.2, 0.25) is 0 Å². The zero-order valence-electron chi connectivity index (χ0n) is 20.2. The number of allylic oxidation sites excluding steroid dienone is 1. The Morgan fingerprint density at radius 3 is 2.62 bits per heavy atom. The first-order valence-electron chi connectivity index (χ1n) is 13.2. The molecule has 2 heterocycles. The Labute approximate surface area is 194 Å². The van der Waals surface area contributed by atoms with Gasteiger partial charge < -0.3 is 19.9 Å². The first kappa shape index (κ1) is 23.7. The highest BCUT2D eigenvalue weighted by atomic mass is 16.5. The quantitative estimate of drug-likeness (QED) is 0.574. The van der Waals surface area contributed by atoms with Crippen LogP contribution in [0.4, 0.5) is 0 Å². The van der Waals surface area contributed by atoms with Crippen molar-refractivity contribution in [3.05, 3.63) is 11.8 Å². The second-order valence-electron chi connectivity index (χ2n) is 10.6. The SMILES string of the molecule is CC(C)N1CCC(OCCCNC(=O)C23CCCC=C2N(C2CCCC2)C(=O)CC3)CC1. The number of nitrogens with zero attached hydrogens (tertiary/aromatic N) is 2. The van der Waals surface area contributed by atoms with Gasteiger partial charge >= 0.3 is 0 Å². The molecule has 3 fully saturated rings. The van der Waals surface area contributed by atoms with Gasteiger partial charge in [-0.25, -0.2) is 0 Å². The number of carbonyl (C=O) groups excluding carboxylic acids is 2. The van der Waals surface area contributed by atoms with Gasteiger partial charge in [-0.3, -0.25) is 9.59 Å². The predicted octanol–water partition coefficient (Wildman–Crippen LogP) is 4.00. The molecule has 6 nitrogen and oxygen atoms in total. The molecule has 6 heteroatoms. The molecule has 0 aromatic carbocycles. The van der Waals surface area contributed by atoms with E-state index in [9.17, 15) is 9.59 Å². The molecule has 0 spiro atoms. The van der Waals surface area contributed by atoms with Crippen molar-refractivity contribution in [1.29, 1.82) is 0 Å². The monoisotopic (exact) mass is 445 g/mol. The molecule has 4 aliphatic rings. The van der Waals surface area contributed by atoms with Gasteiger partial charge in [0, 0.05) is 50.4 Å². The lowest BCUT2D eigenvalue weighted by Gasteiger charge is -2.48. The third kappa shape index (κ3) is 5.06. The molecule has 1 saturated carbocycles. The third-order valence-electron chi connectivity index (χ3n) is 8.22. The first-order valence-corrected chi connectivity index (χ1v) is 13.2. The molecule has 1 atom stereocenters. The fourth-order valence-electron chi connectivity index (χ4n) is 6.28. The van der Waals surface area contributed by atoms with Crippen LogP contribution in [0.5, 0.6) is 0 Å². The Morgan fingerprint density at radius 2 is 1.91 bits per heavy atom. The van der Waals surface area contributed by atoms with Crippen LogP contribution >= 0.6 is 0 Å². The Kier molecular flexibility index (Phi) is 7.93. The minimum absolute atomic E-state index is 0.129. The number of nitrogens with one attached hydrogen (secondary N) is 1. The molecule has 0 bridgehead atoms. The van der Waals surface area contributed by atoms with Crippen LogP contribution in [-0.2, 0) is 14.3 Å². The smallest absolute Gasteiger partial charge is 0.232 e. The Hall–Kier alpha value is -1.40. The first-order chi connectivity index (χ1) is 15.5. The second kappa shape index (κ2) is 10.7.